The summed E-state index contributed by atoms with van der Waals surface area (Å²) in [5.74, 6) is -0.328. The molecule has 2 rings (SSSR count). The summed E-state index contributed by atoms with van der Waals surface area (Å²) in [6.45, 7) is 0.00607. The van der Waals surface area contributed by atoms with Gasteiger partial charge >= 0.3 is 6.18 Å². The first-order valence-corrected chi connectivity index (χ1v) is 6.96. The van der Waals surface area contributed by atoms with Crippen LogP contribution in [0, 0.1) is 0 Å². The zero-order chi connectivity index (χ0) is 14.9. The Morgan fingerprint density at radius 1 is 1.30 bits per heavy atom. The molecule has 0 N–H and O–H groups in total. The van der Waals surface area contributed by atoms with Gasteiger partial charge in [-0.05, 0) is 24.6 Å². The van der Waals surface area contributed by atoms with Crippen molar-refractivity contribution in [2.24, 2.45) is 0 Å². The predicted octanol–water partition coefficient (Wildman–Crippen LogP) is 4.44. The van der Waals surface area contributed by atoms with Crippen molar-refractivity contribution in [1.82, 2.24) is 4.90 Å². The second-order valence-corrected chi connectivity index (χ2v) is 5.74. The summed E-state index contributed by atoms with van der Waals surface area (Å²) < 4.78 is 38.2. The van der Waals surface area contributed by atoms with Crippen molar-refractivity contribution in [3.05, 3.63) is 44.9 Å². The lowest BCUT2D eigenvalue weighted by atomic mass is 10.1. The van der Waals surface area contributed by atoms with Gasteiger partial charge in [-0.15, -0.1) is 0 Å². The van der Waals surface area contributed by atoms with Crippen LogP contribution in [0.3, 0.4) is 0 Å². The molecule has 0 saturated heterocycles. The first-order valence-electron chi connectivity index (χ1n) is 5.79. The van der Waals surface area contributed by atoms with Crippen LogP contribution in [-0.2, 0) is 0 Å². The van der Waals surface area contributed by atoms with Gasteiger partial charge in [0.15, 0.2) is 0 Å². The fourth-order valence-electron chi connectivity index (χ4n) is 1.97. The normalized spacial score (nSPS) is 16.1. The molecule has 0 aromatic heterocycles. The number of hydrogen-bond acceptors (Lipinski definition) is 1. The SMILES string of the molecule is O=C(c1cc(Cl)cc(Br)c1)N1CC=C(C(F)(F)F)CC1. The maximum atomic E-state index is 12.5. The van der Waals surface area contributed by atoms with E-state index in [1.54, 1.807) is 12.1 Å². The van der Waals surface area contributed by atoms with E-state index in [4.69, 9.17) is 11.6 Å². The van der Waals surface area contributed by atoms with Gasteiger partial charge in [0.1, 0.15) is 0 Å². The molecule has 1 heterocycles. The predicted molar refractivity (Wildman–Crippen MR) is 73.8 cm³/mol. The summed E-state index contributed by atoms with van der Waals surface area (Å²) >= 11 is 9.08. The van der Waals surface area contributed by atoms with E-state index in [1.807, 2.05) is 0 Å². The first-order chi connectivity index (χ1) is 9.27. The molecule has 7 heteroatoms. The minimum Gasteiger partial charge on any atom is -0.335 e. The summed E-state index contributed by atoms with van der Waals surface area (Å²) in [7, 11) is 0. The van der Waals surface area contributed by atoms with Crippen molar-refractivity contribution in [3.63, 3.8) is 0 Å². The van der Waals surface area contributed by atoms with E-state index < -0.39 is 11.7 Å². The highest BCUT2D eigenvalue weighted by atomic mass is 79.9. The van der Waals surface area contributed by atoms with Gasteiger partial charge in [0.05, 0.1) is 0 Å². The average molecular weight is 369 g/mol. The highest BCUT2D eigenvalue weighted by Gasteiger charge is 2.35. The van der Waals surface area contributed by atoms with E-state index in [9.17, 15) is 18.0 Å². The monoisotopic (exact) mass is 367 g/mol. The van der Waals surface area contributed by atoms with Gasteiger partial charge in [-0.2, -0.15) is 13.2 Å². The number of hydrogen-bond donors (Lipinski definition) is 0. The summed E-state index contributed by atoms with van der Waals surface area (Å²) in [6, 6.07) is 4.73. The lowest BCUT2D eigenvalue weighted by Gasteiger charge is -2.27. The Morgan fingerprint density at radius 3 is 2.50 bits per heavy atom. The Hall–Kier alpha value is -1.01. The van der Waals surface area contributed by atoms with Crippen LogP contribution in [0.15, 0.2) is 34.3 Å². The van der Waals surface area contributed by atoms with Crippen molar-refractivity contribution < 1.29 is 18.0 Å². The Balaban J connectivity index is 2.14. The second-order valence-electron chi connectivity index (χ2n) is 4.39. The molecular formula is C13H10BrClF3NO. The molecule has 0 atom stereocenters. The summed E-state index contributed by atoms with van der Waals surface area (Å²) in [5.41, 5.74) is -0.220. The third-order valence-electron chi connectivity index (χ3n) is 2.97. The van der Waals surface area contributed by atoms with Crippen LogP contribution >= 0.6 is 27.5 Å². The Labute approximate surface area is 127 Å². The fraction of sp³-hybridized carbons (Fsp3) is 0.308. The first kappa shape index (κ1) is 15.4. The fourth-order valence-corrected chi connectivity index (χ4v) is 2.83. The van der Waals surface area contributed by atoms with Crippen molar-refractivity contribution in [2.45, 2.75) is 12.6 Å². The maximum Gasteiger partial charge on any atom is 0.412 e. The Kier molecular flexibility index (Phi) is 4.44. The van der Waals surface area contributed by atoms with Crippen molar-refractivity contribution in [1.29, 1.82) is 0 Å². The molecule has 1 aliphatic heterocycles. The number of halogens is 5. The van der Waals surface area contributed by atoms with Gasteiger partial charge in [0.25, 0.3) is 5.91 Å². The molecule has 0 aliphatic carbocycles. The number of alkyl halides is 3. The lowest BCUT2D eigenvalue weighted by molar-refractivity contribution is -0.0957. The molecule has 0 fully saturated rings. The molecule has 108 valence electrons. The van der Waals surface area contributed by atoms with Crippen LogP contribution in [0.5, 0.6) is 0 Å². The van der Waals surface area contributed by atoms with Crippen LogP contribution in [0.1, 0.15) is 16.8 Å². The second kappa shape index (κ2) is 5.77. The molecular weight excluding hydrogens is 358 g/mol. The van der Waals surface area contributed by atoms with E-state index in [-0.39, 0.29) is 25.4 Å². The molecule has 20 heavy (non-hydrogen) atoms. The van der Waals surface area contributed by atoms with Gasteiger partial charge in [-0.25, -0.2) is 0 Å². The molecule has 0 spiro atoms. The molecule has 0 bridgehead atoms. The van der Waals surface area contributed by atoms with Crippen LogP contribution in [0.25, 0.3) is 0 Å². The quantitative estimate of drug-likeness (QED) is 0.671. The highest BCUT2D eigenvalue weighted by Crippen LogP contribution is 2.30. The number of carbonyl (C=O) groups excluding carboxylic acids is 1. The summed E-state index contributed by atoms with van der Waals surface area (Å²) in [4.78, 5) is 13.6. The largest absolute Gasteiger partial charge is 0.412 e. The van der Waals surface area contributed by atoms with Crippen LogP contribution in [0.4, 0.5) is 13.2 Å². The zero-order valence-electron chi connectivity index (χ0n) is 10.2. The van der Waals surface area contributed by atoms with Gasteiger partial charge in [-0.1, -0.05) is 33.6 Å². The minimum absolute atomic E-state index is 0.0438. The van der Waals surface area contributed by atoms with E-state index in [0.29, 0.717) is 15.1 Å². The van der Waals surface area contributed by atoms with Gasteiger partial charge < -0.3 is 4.90 Å². The maximum absolute atomic E-state index is 12.5. The summed E-state index contributed by atoms with van der Waals surface area (Å²) in [6.07, 6.45) is -3.44. The van der Waals surface area contributed by atoms with Crippen LogP contribution < -0.4 is 0 Å². The zero-order valence-corrected chi connectivity index (χ0v) is 12.5. The lowest BCUT2D eigenvalue weighted by Crippen LogP contribution is -2.36. The molecule has 0 unspecified atom stereocenters. The highest BCUT2D eigenvalue weighted by molar-refractivity contribution is 9.10. The van der Waals surface area contributed by atoms with Gasteiger partial charge in [-0.3, -0.25) is 4.79 Å². The molecule has 0 saturated carbocycles. The average Bonchev–Trinajstić information content (AvgIpc) is 2.36. The Bertz CT molecular complexity index is 551. The standard InChI is InChI=1S/C13H10BrClF3NO/c14-10-5-8(6-11(15)7-10)12(20)19-3-1-9(2-4-19)13(16,17)18/h1,5-7H,2-4H2. The Morgan fingerprint density at radius 2 is 2.00 bits per heavy atom. The van der Waals surface area contributed by atoms with E-state index >= 15 is 0 Å². The number of amides is 1. The number of carbonyl (C=O) groups is 1. The van der Waals surface area contributed by atoms with Gasteiger partial charge in [0.2, 0.25) is 0 Å². The smallest absolute Gasteiger partial charge is 0.335 e. The van der Waals surface area contributed by atoms with Crippen molar-refractivity contribution in [3.8, 4) is 0 Å². The molecule has 1 amide bonds. The molecule has 0 radical (unpaired) electrons. The van der Waals surface area contributed by atoms with E-state index in [1.165, 1.54) is 11.0 Å². The van der Waals surface area contributed by atoms with Crippen LogP contribution in [0.2, 0.25) is 5.02 Å². The van der Waals surface area contributed by atoms with E-state index in [0.717, 1.165) is 6.08 Å². The minimum atomic E-state index is -4.31. The molecule has 1 aromatic carbocycles. The number of nitrogens with zero attached hydrogens (tertiary/aromatic N) is 1. The molecule has 1 aromatic rings. The third kappa shape index (κ3) is 3.55. The van der Waals surface area contributed by atoms with Gasteiger partial charge in [0, 0.05) is 33.7 Å². The third-order valence-corrected chi connectivity index (χ3v) is 3.65. The summed E-state index contributed by atoms with van der Waals surface area (Å²) in [5, 5.41) is 0.395. The van der Waals surface area contributed by atoms with E-state index in [2.05, 4.69) is 15.9 Å². The topological polar surface area (TPSA) is 20.3 Å². The van der Waals surface area contributed by atoms with Crippen molar-refractivity contribution >= 4 is 33.4 Å². The van der Waals surface area contributed by atoms with Crippen molar-refractivity contribution in [2.75, 3.05) is 13.1 Å². The molecule has 2 nitrogen and oxygen atoms in total. The molecule has 1 aliphatic rings. The number of benzene rings is 1. The van der Waals surface area contributed by atoms with Crippen LogP contribution in [-0.4, -0.2) is 30.1 Å². The number of rotatable bonds is 1.